The molecule has 0 aliphatic rings. The van der Waals surface area contributed by atoms with E-state index in [4.69, 9.17) is 4.98 Å². The Balaban J connectivity index is 1.77. The summed E-state index contributed by atoms with van der Waals surface area (Å²) in [4.78, 5) is 17.3. The number of aromatic nitrogens is 3. The number of fused-ring (bicyclic) bond motifs is 1. The van der Waals surface area contributed by atoms with E-state index in [2.05, 4.69) is 10.4 Å². The summed E-state index contributed by atoms with van der Waals surface area (Å²) in [5, 5.41) is 8.15. The van der Waals surface area contributed by atoms with E-state index in [1.54, 1.807) is 12.1 Å². The zero-order chi connectivity index (χ0) is 20.0. The van der Waals surface area contributed by atoms with E-state index in [-0.39, 0.29) is 5.56 Å². The minimum Gasteiger partial charge on any atom is -0.321 e. The lowest BCUT2D eigenvalue weighted by Crippen LogP contribution is -2.15. The van der Waals surface area contributed by atoms with Crippen LogP contribution in [0.2, 0.25) is 0 Å². The van der Waals surface area contributed by atoms with Gasteiger partial charge in [-0.2, -0.15) is 5.10 Å². The van der Waals surface area contributed by atoms with Gasteiger partial charge in [-0.05, 0) is 63.1 Å². The second kappa shape index (κ2) is 6.83. The molecule has 0 unspecified atom stereocenters. The Morgan fingerprint density at radius 2 is 1.89 bits per heavy atom. The molecule has 0 atom stereocenters. The van der Waals surface area contributed by atoms with E-state index >= 15 is 0 Å². The van der Waals surface area contributed by atoms with Crippen molar-refractivity contribution in [2.45, 2.75) is 27.7 Å². The summed E-state index contributed by atoms with van der Waals surface area (Å²) >= 11 is 1.52. The number of carbonyl (C=O) groups is 1. The fourth-order valence-corrected chi connectivity index (χ4v) is 4.37. The van der Waals surface area contributed by atoms with Crippen molar-refractivity contribution in [2.24, 2.45) is 0 Å². The highest BCUT2D eigenvalue weighted by Gasteiger charge is 2.18. The van der Waals surface area contributed by atoms with E-state index in [1.165, 1.54) is 23.5 Å². The molecular formula is C21H19FN4OS. The Bertz CT molecular complexity index is 1220. The van der Waals surface area contributed by atoms with Crippen molar-refractivity contribution in [3.05, 3.63) is 70.3 Å². The second-order valence-corrected chi connectivity index (χ2v) is 7.79. The molecule has 1 amide bonds. The topological polar surface area (TPSA) is 59.8 Å². The molecular weight excluding hydrogens is 375 g/mol. The van der Waals surface area contributed by atoms with E-state index in [9.17, 15) is 9.18 Å². The number of benzene rings is 2. The molecule has 7 heteroatoms. The van der Waals surface area contributed by atoms with Gasteiger partial charge in [0.25, 0.3) is 5.91 Å². The van der Waals surface area contributed by atoms with Gasteiger partial charge in [0.15, 0.2) is 0 Å². The van der Waals surface area contributed by atoms with Gasteiger partial charge < -0.3 is 5.32 Å². The minimum absolute atomic E-state index is 0.0223. The maximum atomic E-state index is 13.9. The lowest BCUT2D eigenvalue weighted by atomic mass is 10.1. The van der Waals surface area contributed by atoms with E-state index in [1.807, 2.05) is 44.5 Å². The average molecular weight is 394 g/mol. The molecule has 5 nitrogen and oxygen atoms in total. The molecule has 142 valence electrons. The highest BCUT2D eigenvalue weighted by atomic mass is 32.1. The van der Waals surface area contributed by atoms with Gasteiger partial charge in [-0.1, -0.05) is 23.5 Å². The molecule has 0 aliphatic carbocycles. The number of nitrogens with one attached hydrogen (secondary N) is 1. The lowest BCUT2D eigenvalue weighted by molar-refractivity contribution is 0.102. The highest BCUT2D eigenvalue weighted by Crippen LogP contribution is 2.35. The first-order valence-electron chi connectivity index (χ1n) is 8.85. The molecule has 28 heavy (non-hydrogen) atoms. The Morgan fingerprint density at radius 3 is 2.57 bits per heavy atom. The first-order chi connectivity index (χ1) is 13.3. The SMILES string of the molecule is Cc1cc(C)n(-c2nc3cc(C)c(NC(=O)c4ccccc4F)c(C)c3s2)n1. The predicted octanol–water partition coefficient (Wildman–Crippen LogP) is 5.11. The van der Waals surface area contributed by atoms with E-state index in [0.717, 1.165) is 37.9 Å². The predicted molar refractivity (Wildman–Crippen MR) is 110 cm³/mol. The van der Waals surface area contributed by atoms with Gasteiger partial charge in [-0.15, -0.1) is 0 Å². The van der Waals surface area contributed by atoms with Gasteiger partial charge in [0, 0.05) is 11.4 Å². The van der Waals surface area contributed by atoms with Gasteiger partial charge in [0.05, 0.1) is 21.5 Å². The fraction of sp³-hybridized carbons (Fsp3) is 0.190. The van der Waals surface area contributed by atoms with Crippen LogP contribution in [0.5, 0.6) is 0 Å². The Labute approximate surface area is 165 Å². The fourth-order valence-electron chi connectivity index (χ4n) is 3.30. The Hall–Kier alpha value is -3.06. The quantitative estimate of drug-likeness (QED) is 0.525. The van der Waals surface area contributed by atoms with Crippen LogP contribution in [-0.2, 0) is 0 Å². The van der Waals surface area contributed by atoms with Crippen LogP contribution in [-0.4, -0.2) is 20.7 Å². The highest BCUT2D eigenvalue weighted by molar-refractivity contribution is 7.21. The third-order valence-electron chi connectivity index (χ3n) is 4.65. The average Bonchev–Trinajstić information content (AvgIpc) is 3.21. The third-order valence-corrected chi connectivity index (χ3v) is 5.82. The number of anilines is 1. The third kappa shape index (κ3) is 3.07. The normalized spacial score (nSPS) is 11.2. The second-order valence-electron chi connectivity index (χ2n) is 6.81. The summed E-state index contributed by atoms with van der Waals surface area (Å²) in [5.41, 5.74) is 5.29. The molecule has 0 aliphatic heterocycles. The minimum atomic E-state index is -0.541. The van der Waals surface area contributed by atoms with Crippen molar-refractivity contribution >= 4 is 33.1 Å². The number of thiazole rings is 1. The first kappa shape index (κ1) is 18.3. The maximum Gasteiger partial charge on any atom is 0.258 e. The first-order valence-corrected chi connectivity index (χ1v) is 9.67. The standard InChI is InChI=1S/C21H19FN4OS/c1-11-9-17-19(28-21(23-17)26-13(3)10-12(2)25-26)14(4)18(11)24-20(27)15-7-5-6-8-16(15)22/h5-10H,1-4H3,(H,24,27). The lowest BCUT2D eigenvalue weighted by Gasteiger charge is -2.12. The molecule has 2 aromatic carbocycles. The number of rotatable bonds is 3. The molecule has 0 radical (unpaired) electrons. The summed E-state index contributed by atoms with van der Waals surface area (Å²) in [7, 11) is 0. The molecule has 0 fully saturated rings. The van der Waals surface area contributed by atoms with Gasteiger partial charge in [0.1, 0.15) is 5.82 Å². The summed E-state index contributed by atoms with van der Waals surface area (Å²) in [5.74, 6) is -1.01. The molecule has 0 saturated carbocycles. The van der Waals surface area contributed by atoms with Crippen LogP contribution in [0.1, 0.15) is 32.9 Å². The number of hydrogen-bond donors (Lipinski definition) is 1. The zero-order valence-corrected chi connectivity index (χ0v) is 16.8. The summed E-state index contributed by atoms with van der Waals surface area (Å²) in [6, 6.07) is 9.90. The molecule has 0 saturated heterocycles. The van der Waals surface area contributed by atoms with Crippen molar-refractivity contribution in [1.82, 2.24) is 14.8 Å². The van der Waals surface area contributed by atoms with Crippen molar-refractivity contribution in [2.75, 3.05) is 5.32 Å². The van der Waals surface area contributed by atoms with Crippen LogP contribution in [0.4, 0.5) is 10.1 Å². The molecule has 1 N–H and O–H groups in total. The number of nitrogens with zero attached hydrogens (tertiary/aromatic N) is 3. The van der Waals surface area contributed by atoms with Crippen LogP contribution in [0.15, 0.2) is 36.4 Å². The van der Waals surface area contributed by atoms with Crippen molar-refractivity contribution < 1.29 is 9.18 Å². The van der Waals surface area contributed by atoms with Gasteiger partial charge in [-0.25, -0.2) is 14.1 Å². The zero-order valence-electron chi connectivity index (χ0n) is 16.0. The number of hydrogen-bond acceptors (Lipinski definition) is 4. The Morgan fingerprint density at radius 1 is 1.14 bits per heavy atom. The summed E-state index contributed by atoms with van der Waals surface area (Å²) < 4.78 is 16.7. The summed E-state index contributed by atoms with van der Waals surface area (Å²) in [6.45, 7) is 7.79. The number of amides is 1. The van der Waals surface area contributed by atoms with Gasteiger partial charge in [0.2, 0.25) is 5.13 Å². The molecule has 0 bridgehead atoms. The van der Waals surface area contributed by atoms with Crippen molar-refractivity contribution in [3.8, 4) is 5.13 Å². The van der Waals surface area contributed by atoms with Crippen LogP contribution >= 0.6 is 11.3 Å². The van der Waals surface area contributed by atoms with Crippen LogP contribution in [0.25, 0.3) is 15.3 Å². The monoisotopic (exact) mass is 394 g/mol. The van der Waals surface area contributed by atoms with Gasteiger partial charge in [-0.3, -0.25) is 4.79 Å². The van der Waals surface area contributed by atoms with E-state index in [0.29, 0.717) is 5.69 Å². The number of carbonyl (C=O) groups excluding carboxylic acids is 1. The maximum absolute atomic E-state index is 13.9. The van der Waals surface area contributed by atoms with Crippen LogP contribution in [0.3, 0.4) is 0 Å². The molecule has 0 spiro atoms. The molecule has 4 aromatic rings. The number of halogens is 1. The smallest absolute Gasteiger partial charge is 0.258 e. The summed E-state index contributed by atoms with van der Waals surface area (Å²) in [6.07, 6.45) is 0. The molecule has 4 rings (SSSR count). The van der Waals surface area contributed by atoms with E-state index < -0.39 is 11.7 Å². The number of aryl methyl sites for hydroxylation is 4. The molecule has 2 heterocycles. The van der Waals surface area contributed by atoms with Crippen LogP contribution in [0, 0.1) is 33.5 Å². The van der Waals surface area contributed by atoms with Crippen molar-refractivity contribution in [1.29, 1.82) is 0 Å². The molecule has 2 aromatic heterocycles. The Kier molecular flexibility index (Phi) is 4.47. The van der Waals surface area contributed by atoms with Gasteiger partial charge >= 0.3 is 0 Å². The van der Waals surface area contributed by atoms with Crippen molar-refractivity contribution in [3.63, 3.8) is 0 Å². The largest absolute Gasteiger partial charge is 0.321 e. The van der Waals surface area contributed by atoms with Crippen LogP contribution < -0.4 is 5.32 Å².